The van der Waals surface area contributed by atoms with Crippen molar-refractivity contribution in [2.75, 3.05) is 7.11 Å². The molecule has 102 valence electrons. The summed E-state index contributed by atoms with van der Waals surface area (Å²) in [5.74, 6) is -0.603. The molecule has 1 aromatic carbocycles. The van der Waals surface area contributed by atoms with E-state index in [0.717, 1.165) is 0 Å². The van der Waals surface area contributed by atoms with Crippen LogP contribution in [-0.2, 0) is 0 Å². The van der Waals surface area contributed by atoms with Gasteiger partial charge in [-0.25, -0.2) is 4.79 Å². The van der Waals surface area contributed by atoms with Gasteiger partial charge in [-0.05, 0) is 42.5 Å². The molecule has 2 rings (SSSR count). The number of hydrogen-bond donors (Lipinski definition) is 1. The molecule has 1 aromatic heterocycles. The average Bonchev–Trinajstić information content (AvgIpc) is 2.97. The fourth-order valence-corrected chi connectivity index (χ4v) is 1.67. The van der Waals surface area contributed by atoms with Gasteiger partial charge in [0.25, 0.3) is 0 Å². The number of carboxylic acid groups (broad SMARTS) is 1. The minimum Gasteiger partial charge on any atom is -0.496 e. The van der Waals surface area contributed by atoms with Crippen LogP contribution in [0.4, 0.5) is 0 Å². The topological polar surface area (TPSA) is 76.7 Å². The lowest BCUT2D eigenvalue weighted by atomic mass is 10.1. The van der Waals surface area contributed by atoms with Crippen molar-refractivity contribution in [2.24, 2.45) is 0 Å². The van der Waals surface area contributed by atoms with E-state index in [1.807, 2.05) is 0 Å². The van der Waals surface area contributed by atoms with Gasteiger partial charge in [-0.2, -0.15) is 0 Å². The Morgan fingerprint density at radius 1 is 1.30 bits per heavy atom. The smallest absolute Gasteiger partial charge is 0.335 e. The molecule has 0 atom stereocenters. The zero-order valence-corrected chi connectivity index (χ0v) is 10.7. The second kappa shape index (κ2) is 5.88. The van der Waals surface area contributed by atoms with Crippen LogP contribution in [0, 0.1) is 0 Å². The van der Waals surface area contributed by atoms with E-state index >= 15 is 0 Å². The van der Waals surface area contributed by atoms with Crippen LogP contribution in [0.3, 0.4) is 0 Å². The molecule has 2 aromatic rings. The molecule has 5 nitrogen and oxygen atoms in total. The van der Waals surface area contributed by atoms with E-state index in [1.165, 1.54) is 43.7 Å². The van der Waals surface area contributed by atoms with Gasteiger partial charge in [0.15, 0.2) is 5.78 Å². The summed E-state index contributed by atoms with van der Waals surface area (Å²) in [6.45, 7) is 0. The first-order valence-corrected chi connectivity index (χ1v) is 5.79. The van der Waals surface area contributed by atoms with Gasteiger partial charge < -0.3 is 14.3 Å². The summed E-state index contributed by atoms with van der Waals surface area (Å²) in [6.07, 6.45) is 4.31. The third-order valence-electron chi connectivity index (χ3n) is 2.65. The number of furan rings is 1. The van der Waals surface area contributed by atoms with Crippen molar-refractivity contribution < 1.29 is 23.8 Å². The van der Waals surface area contributed by atoms with Gasteiger partial charge in [-0.15, -0.1) is 0 Å². The molecule has 1 heterocycles. The third-order valence-corrected chi connectivity index (χ3v) is 2.65. The molecule has 0 amide bonds. The van der Waals surface area contributed by atoms with Gasteiger partial charge in [0, 0.05) is 0 Å². The summed E-state index contributed by atoms with van der Waals surface area (Å²) < 4.78 is 10.1. The number of hydrogen-bond acceptors (Lipinski definition) is 4. The maximum atomic E-state index is 12.1. The second-order valence-electron chi connectivity index (χ2n) is 3.93. The lowest BCUT2D eigenvalue weighted by Gasteiger charge is -2.06. The predicted molar refractivity (Wildman–Crippen MR) is 72.0 cm³/mol. The Bertz CT molecular complexity index is 653. The standard InChI is InChI=1S/C15H12O5/c1-19-14-7-4-10(15(17)18)9-12(14)13(16)6-5-11-3-2-8-20-11/h2-9H,1H3,(H,17,18). The minimum atomic E-state index is -1.10. The minimum absolute atomic E-state index is 0.0283. The van der Waals surface area contributed by atoms with Gasteiger partial charge in [0.2, 0.25) is 0 Å². The summed E-state index contributed by atoms with van der Waals surface area (Å²) in [5, 5.41) is 8.95. The second-order valence-corrected chi connectivity index (χ2v) is 3.93. The van der Waals surface area contributed by atoms with E-state index in [9.17, 15) is 9.59 Å². The van der Waals surface area contributed by atoms with E-state index in [1.54, 1.807) is 12.1 Å². The molecule has 0 aliphatic carbocycles. The third kappa shape index (κ3) is 2.95. The van der Waals surface area contributed by atoms with Gasteiger partial charge >= 0.3 is 5.97 Å². The van der Waals surface area contributed by atoms with Crippen molar-refractivity contribution in [1.82, 2.24) is 0 Å². The summed E-state index contributed by atoms with van der Waals surface area (Å²) in [4.78, 5) is 23.0. The summed E-state index contributed by atoms with van der Waals surface area (Å²) in [7, 11) is 1.42. The van der Waals surface area contributed by atoms with Crippen LogP contribution in [0.25, 0.3) is 6.08 Å². The van der Waals surface area contributed by atoms with E-state index in [-0.39, 0.29) is 16.9 Å². The Morgan fingerprint density at radius 3 is 2.70 bits per heavy atom. The molecule has 0 saturated heterocycles. The zero-order valence-electron chi connectivity index (χ0n) is 10.7. The maximum absolute atomic E-state index is 12.1. The number of ketones is 1. The molecular weight excluding hydrogens is 260 g/mol. The first kappa shape index (κ1) is 13.6. The maximum Gasteiger partial charge on any atom is 0.335 e. The molecule has 0 bridgehead atoms. The van der Waals surface area contributed by atoms with Crippen molar-refractivity contribution in [3.05, 3.63) is 59.6 Å². The lowest BCUT2D eigenvalue weighted by molar-refractivity contribution is 0.0697. The van der Waals surface area contributed by atoms with Crippen molar-refractivity contribution >= 4 is 17.8 Å². The van der Waals surface area contributed by atoms with E-state index in [2.05, 4.69) is 0 Å². The molecular formula is C15H12O5. The Labute approximate surface area is 115 Å². The van der Waals surface area contributed by atoms with Gasteiger partial charge in [-0.1, -0.05) is 0 Å². The molecule has 5 heteroatoms. The number of ether oxygens (including phenoxy) is 1. The van der Waals surface area contributed by atoms with Gasteiger partial charge in [0.05, 0.1) is 24.5 Å². The molecule has 0 aliphatic rings. The SMILES string of the molecule is COc1ccc(C(=O)O)cc1C(=O)C=Cc1ccco1. The number of carbonyl (C=O) groups excluding carboxylic acids is 1. The van der Waals surface area contributed by atoms with Crippen LogP contribution in [-0.4, -0.2) is 24.0 Å². The monoisotopic (exact) mass is 272 g/mol. The van der Waals surface area contributed by atoms with Crippen molar-refractivity contribution in [3.8, 4) is 5.75 Å². The first-order valence-electron chi connectivity index (χ1n) is 5.79. The number of allylic oxidation sites excluding steroid dienone is 1. The van der Waals surface area contributed by atoms with Crippen LogP contribution in [0.15, 0.2) is 47.1 Å². The van der Waals surface area contributed by atoms with Gasteiger partial charge in [-0.3, -0.25) is 4.79 Å². The first-order chi connectivity index (χ1) is 9.61. The Morgan fingerprint density at radius 2 is 2.10 bits per heavy atom. The van der Waals surface area contributed by atoms with Crippen molar-refractivity contribution in [1.29, 1.82) is 0 Å². The molecule has 20 heavy (non-hydrogen) atoms. The Balaban J connectivity index is 2.32. The largest absolute Gasteiger partial charge is 0.496 e. The van der Waals surface area contributed by atoms with Crippen LogP contribution in [0.1, 0.15) is 26.5 Å². The van der Waals surface area contributed by atoms with Crippen molar-refractivity contribution in [2.45, 2.75) is 0 Å². The zero-order chi connectivity index (χ0) is 14.5. The molecule has 0 radical (unpaired) electrons. The molecule has 1 N–H and O–H groups in total. The number of rotatable bonds is 5. The normalized spacial score (nSPS) is 10.7. The highest BCUT2D eigenvalue weighted by atomic mass is 16.5. The van der Waals surface area contributed by atoms with Crippen LogP contribution >= 0.6 is 0 Å². The van der Waals surface area contributed by atoms with Crippen LogP contribution in [0.5, 0.6) is 5.75 Å². The highest BCUT2D eigenvalue weighted by molar-refractivity contribution is 6.09. The van der Waals surface area contributed by atoms with E-state index in [0.29, 0.717) is 11.5 Å². The molecule has 0 fully saturated rings. The summed E-state index contributed by atoms with van der Waals surface area (Å²) in [6, 6.07) is 7.53. The van der Waals surface area contributed by atoms with E-state index in [4.69, 9.17) is 14.3 Å². The molecule has 0 unspecified atom stereocenters. The fraction of sp³-hybridized carbons (Fsp3) is 0.0667. The lowest BCUT2D eigenvalue weighted by Crippen LogP contribution is -2.03. The number of aromatic carboxylic acids is 1. The van der Waals surface area contributed by atoms with Gasteiger partial charge in [0.1, 0.15) is 11.5 Å². The highest BCUT2D eigenvalue weighted by Crippen LogP contribution is 2.21. The average molecular weight is 272 g/mol. The molecule has 0 saturated carbocycles. The molecule has 0 spiro atoms. The van der Waals surface area contributed by atoms with Crippen molar-refractivity contribution in [3.63, 3.8) is 0 Å². The van der Waals surface area contributed by atoms with Crippen LogP contribution in [0.2, 0.25) is 0 Å². The quantitative estimate of drug-likeness (QED) is 0.669. The summed E-state index contributed by atoms with van der Waals surface area (Å²) >= 11 is 0. The van der Waals surface area contributed by atoms with E-state index < -0.39 is 5.97 Å². The van der Waals surface area contributed by atoms with Crippen LogP contribution < -0.4 is 4.74 Å². The predicted octanol–water partition coefficient (Wildman–Crippen LogP) is 2.88. The molecule has 0 aliphatic heterocycles. The Kier molecular flexibility index (Phi) is 4.00. The Hall–Kier alpha value is -2.82. The number of carboxylic acids is 1. The number of methoxy groups -OCH3 is 1. The number of benzene rings is 1. The fourth-order valence-electron chi connectivity index (χ4n) is 1.67. The highest BCUT2D eigenvalue weighted by Gasteiger charge is 2.13. The summed E-state index contributed by atoms with van der Waals surface area (Å²) in [5.41, 5.74) is 0.218. The number of carbonyl (C=O) groups is 2.